The van der Waals surface area contributed by atoms with E-state index in [1.165, 1.54) is 6.92 Å². The number of carbonyl (C=O) groups excluding carboxylic acids is 2. The van der Waals surface area contributed by atoms with Gasteiger partial charge in [-0.2, -0.15) is 0 Å². The first-order chi connectivity index (χ1) is 12.4. The molecule has 140 valence electrons. The van der Waals surface area contributed by atoms with E-state index in [0.717, 1.165) is 22.9 Å². The van der Waals surface area contributed by atoms with E-state index in [-0.39, 0.29) is 12.3 Å². The first-order valence-electron chi connectivity index (χ1n) is 8.77. The minimum absolute atomic E-state index is 0.273. The predicted molar refractivity (Wildman–Crippen MR) is 98.7 cm³/mol. The van der Waals surface area contributed by atoms with Crippen LogP contribution < -0.4 is 10.6 Å². The lowest BCUT2D eigenvalue weighted by atomic mass is 10.0. The molecule has 0 radical (unpaired) electrons. The molecule has 0 aliphatic heterocycles. The topological polar surface area (TPSA) is 111 Å². The molecule has 0 saturated carbocycles. The van der Waals surface area contributed by atoms with Crippen LogP contribution in [-0.2, 0) is 20.8 Å². The van der Waals surface area contributed by atoms with Gasteiger partial charge in [-0.15, -0.1) is 0 Å². The molecular weight excluding hydrogens is 334 g/mol. The molecule has 0 bridgehead atoms. The molecule has 26 heavy (non-hydrogen) atoms. The quantitative estimate of drug-likeness (QED) is 0.548. The van der Waals surface area contributed by atoms with Crippen LogP contribution in [0.3, 0.4) is 0 Å². The van der Waals surface area contributed by atoms with Gasteiger partial charge in [-0.1, -0.05) is 38.0 Å². The zero-order chi connectivity index (χ0) is 19.1. The van der Waals surface area contributed by atoms with Crippen LogP contribution in [-0.4, -0.2) is 40.0 Å². The fourth-order valence-corrected chi connectivity index (χ4v) is 2.91. The van der Waals surface area contributed by atoms with Crippen molar-refractivity contribution in [2.24, 2.45) is 0 Å². The van der Waals surface area contributed by atoms with Crippen LogP contribution >= 0.6 is 0 Å². The van der Waals surface area contributed by atoms with Crippen molar-refractivity contribution in [3.8, 4) is 0 Å². The van der Waals surface area contributed by atoms with Crippen molar-refractivity contribution in [1.82, 2.24) is 15.6 Å². The van der Waals surface area contributed by atoms with Crippen LogP contribution in [0.15, 0.2) is 30.5 Å². The highest BCUT2D eigenvalue weighted by molar-refractivity contribution is 5.91. The van der Waals surface area contributed by atoms with Gasteiger partial charge in [0.25, 0.3) is 0 Å². The number of rotatable bonds is 9. The van der Waals surface area contributed by atoms with Gasteiger partial charge < -0.3 is 20.7 Å². The van der Waals surface area contributed by atoms with Crippen molar-refractivity contribution in [2.45, 2.75) is 51.6 Å². The predicted octanol–water partition coefficient (Wildman–Crippen LogP) is 1.97. The summed E-state index contributed by atoms with van der Waals surface area (Å²) >= 11 is 0. The standard InChI is InChI=1S/C19H25N3O4/c1-3-4-8-16(19(25)26)22-18(24)17(21-12(2)23)10-13-11-20-15-9-6-5-7-14(13)15/h5-7,9,11,16-17,20H,3-4,8,10H2,1-2H3,(H,21,23)(H,22,24)(H,25,26)/t16-,17+/m0/s1. The molecule has 1 aromatic heterocycles. The monoisotopic (exact) mass is 359 g/mol. The Labute approximate surface area is 152 Å². The number of para-hydroxylation sites is 1. The average Bonchev–Trinajstić information content (AvgIpc) is 3.00. The van der Waals surface area contributed by atoms with Gasteiger partial charge in [0.1, 0.15) is 12.1 Å². The molecule has 0 spiro atoms. The first-order valence-corrected chi connectivity index (χ1v) is 8.77. The van der Waals surface area contributed by atoms with E-state index < -0.39 is 24.0 Å². The molecule has 0 saturated heterocycles. The molecule has 1 aromatic carbocycles. The van der Waals surface area contributed by atoms with Crippen LogP contribution in [0, 0.1) is 0 Å². The second kappa shape index (κ2) is 9.03. The minimum Gasteiger partial charge on any atom is -0.480 e. The minimum atomic E-state index is -1.07. The highest BCUT2D eigenvalue weighted by Crippen LogP contribution is 2.19. The Morgan fingerprint density at radius 1 is 1.15 bits per heavy atom. The number of H-pyrrole nitrogens is 1. The maximum atomic E-state index is 12.6. The number of amides is 2. The highest BCUT2D eigenvalue weighted by Gasteiger charge is 2.26. The molecule has 0 aliphatic rings. The lowest BCUT2D eigenvalue weighted by Crippen LogP contribution is -2.52. The Balaban J connectivity index is 2.16. The number of carboxylic acid groups (broad SMARTS) is 1. The Hall–Kier alpha value is -2.83. The van der Waals surface area contributed by atoms with Gasteiger partial charge >= 0.3 is 5.97 Å². The van der Waals surface area contributed by atoms with Crippen molar-refractivity contribution < 1.29 is 19.5 Å². The molecule has 0 aliphatic carbocycles. The Bertz CT molecular complexity index is 784. The van der Waals surface area contributed by atoms with E-state index in [9.17, 15) is 19.5 Å². The second-order valence-corrected chi connectivity index (χ2v) is 6.36. The largest absolute Gasteiger partial charge is 0.480 e. The lowest BCUT2D eigenvalue weighted by Gasteiger charge is -2.21. The van der Waals surface area contributed by atoms with Crippen molar-refractivity contribution in [3.05, 3.63) is 36.0 Å². The second-order valence-electron chi connectivity index (χ2n) is 6.36. The van der Waals surface area contributed by atoms with E-state index in [1.54, 1.807) is 6.20 Å². The number of hydrogen-bond donors (Lipinski definition) is 4. The van der Waals surface area contributed by atoms with E-state index in [0.29, 0.717) is 12.8 Å². The number of aromatic nitrogens is 1. The number of aliphatic carboxylic acids is 1. The number of benzene rings is 1. The maximum Gasteiger partial charge on any atom is 0.326 e. The van der Waals surface area contributed by atoms with Gasteiger partial charge in [0, 0.05) is 30.4 Å². The molecule has 2 aromatic rings. The van der Waals surface area contributed by atoms with Crippen LogP contribution in [0.2, 0.25) is 0 Å². The number of carbonyl (C=O) groups is 3. The smallest absolute Gasteiger partial charge is 0.326 e. The third-order valence-electron chi connectivity index (χ3n) is 4.25. The average molecular weight is 359 g/mol. The summed E-state index contributed by atoms with van der Waals surface area (Å²) in [5, 5.41) is 15.5. The summed E-state index contributed by atoms with van der Waals surface area (Å²) in [4.78, 5) is 38.7. The fraction of sp³-hybridized carbons (Fsp3) is 0.421. The number of nitrogens with one attached hydrogen (secondary N) is 3. The third kappa shape index (κ3) is 5.08. The van der Waals surface area contributed by atoms with Crippen LogP contribution in [0.4, 0.5) is 0 Å². The van der Waals surface area contributed by atoms with Crippen LogP contribution in [0.5, 0.6) is 0 Å². The number of hydrogen-bond acceptors (Lipinski definition) is 3. The van der Waals surface area contributed by atoms with Gasteiger partial charge in [-0.3, -0.25) is 9.59 Å². The van der Waals surface area contributed by atoms with E-state index in [1.807, 2.05) is 31.2 Å². The molecule has 2 rings (SSSR count). The number of fused-ring (bicyclic) bond motifs is 1. The zero-order valence-electron chi connectivity index (χ0n) is 15.0. The van der Waals surface area contributed by atoms with Gasteiger partial charge in [-0.05, 0) is 18.1 Å². The van der Waals surface area contributed by atoms with Crippen LogP contribution in [0.1, 0.15) is 38.7 Å². The summed E-state index contributed by atoms with van der Waals surface area (Å²) in [6, 6.07) is 5.88. The number of carboxylic acids is 1. The van der Waals surface area contributed by atoms with Crippen molar-refractivity contribution in [2.75, 3.05) is 0 Å². The van der Waals surface area contributed by atoms with Crippen molar-refractivity contribution in [1.29, 1.82) is 0 Å². The Morgan fingerprint density at radius 2 is 1.88 bits per heavy atom. The molecular formula is C19H25N3O4. The zero-order valence-corrected chi connectivity index (χ0v) is 15.0. The van der Waals surface area contributed by atoms with Gasteiger partial charge in [0.15, 0.2) is 0 Å². The highest BCUT2D eigenvalue weighted by atomic mass is 16.4. The fourth-order valence-electron chi connectivity index (χ4n) is 2.91. The van der Waals surface area contributed by atoms with Crippen LogP contribution in [0.25, 0.3) is 10.9 Å². The summed E-state index contributed by atoms with van der Waals surface area (Å²) in [5.41, 5.74) is 1.82. The van der Waals surface area contributed by atoms with E-state index in [4.69, 9.17) is 0 Å². The normalized spacial score (nSPS) is 13.2. The van der Waals surface area contributed by atoms with Gasteiger partial charge in [0.2, 0.25) is 11.8 Å². The molecule has 1 heterocycles. The molecule has 2 atom stereocenters. The molecule has 2 amide bonds. The molecule has 7 nitrogen and oxygen atoms in total. The maximum absolute atomic E-state index is 12.6. The number of unbranched alkanes of at least 4 members (excludes halogenated alkanes) is 1. The molecule has 4 N–H and O–H groups in total. The van der Waals surface area contributed by atoms with Gasteiger partial charge in [-0.25, -0.2) is 4.79 Å². The summed E-state index contributed by atoms with van der Waals surface area (Å²) in [5.74, 6) is -1.90. The molecule has 0 unspecified atom stereocenters. The number of aromatic amines is 1. The van der Waals surface area contributed by atoms with Gasteiger partial charge in [0.05, 0.1) is 0 Å². The summed E-state index contributed by atoms with van der Waals surface area (Å²) in [7, 11) is 0. The Kier molecular flexibility index (Phi) is 6.77. The SMILES string of the molecule is CCCC[C@H](NC(=O)[C@@H](Cc1c[nH]c2ccccc12)NC(C)=O)C(=O)O. The van der Waals surface area contributed by atoms with Crippen molar-refractivity contribution in [3.63, 3.8) is 0 Å². The first kappa shape index (κ1) is 19.5. The summed E-state index contributed by atoms with van der Waals surface area (Å²) in [6.07, 6.45) is 3.97. The lowest BCUT2D eigenvalue weighted by molar-refractivity contribution is -0.142. The summed E-state index contributed by atoms with van der Waals surface area (Å²) < 4.78 is 0. The van der Waals surface area contributed by atoms with E-state index in [2.05, 4.69) is 15.6 Å². The third-order valence-corrected chi connectivity index (χ3v) is 4.25. The summed E-state index contributed by atoms with van der Waals surface area (Å²) in [6.45, 7) is 3.29. The molecule has 0 fully saturated rings. The Morgan fingerprint density at radius 3 is 2.54 bits per heavy atom. The van der Waals surface area contributed by atoms with Crippen molar-refractivity contribution >= 4 is 28.7 Å². The van der Waals surface area contributed by atoms with E-state index >= 15 is 0 Å². The molecule has 7 heteroatoms.